The second-order valence-electron chi connectivity index (χ2n) is 5.21. The van der Waals surface area contributed by atoms with Crippen LogP contribution in [0.2, 0.25) is 5.02 Å². The molecule has 0 saturated carbocycles. The van der Waals surface area contributed by atoms with Crippen LogP contribution < -0.4 is 21.1 Å². The Hall–Kier alpha value is -1.63. The van der Waals surface area contributed by atoms with Crippen molar-refractivity contribution in [1.82, 2.24) is 0 Å². The van der Waals surface area contributed by atoms with E-state index in [0.717, 1.165) is 18.5 Å². The van der Waals surface area contributed by atoms with Crippen LogP contribution in [-0.4, -0.2) is 38.1 Å². The van der Waals surface area contributed by atoms with Gasteiger partial charge >= 0.3 is 0 Å². The zero-order chi connectivity index (χ0) is 16.5. The molecule has 0 spiro atoms. The minimum atomic E-state index is -1.22. The van der Waals surface area contributed by atoms with Crippen molar-refractivity contribution in [2.45, 2.75) is 25.8 Å². The number of hydrogen-bond acceptors (Lipinski definition) is 3. The molecule has 0 fully saturated rings. The van der Waals surface area contributed by atoms with Crippen LogP contribution in [0.3, 0.4) is 0 Å². The highest BCUT2D eigenvalue weighted by atomic mass is 35.5. The molecule has 0 aliphatic heterocycles. The second-order valence-corrected chi connectivity index (χ2v) is 5.65. The maximum Gasteiger partial charge on any atom is 0.230 e. The fourth-order valence-corrected chi connectivity index (χ4v) is 2.21. The lowest BCUT2D eigenvalue weighted by atomic mass is 10.1. The lowest BCUT2D eigenvalue weighted by molar-refractivity contribution is -0.692. The van der Waals surface area contributed by atoms with E-state index >= 15 is 0 Å². The van der Waals surface area contributed by atoms with Crippen LogP contribution in [0.1, 0.15) is 18.4 Å². The summed E-state index contributed by atoms with van der Waals surface area (Å²) in [5.74, 6) is -1.59. The minimum absolute atomic E-state index is 0.135. The molecule has 1 atom stereocenters. The number of carbonyl (C=O) groups excluding carboxylic acids is 2. The van der Waals surface area contributed by atoms with E-state index in [9.17, 15) is 14.7 Å². The lowest BCUT2D eigenvalue weighted by Crippen LogP contribution is -2.94. The molecule has 0 heterocycles. The summed E-state index contributed by atoms with van der Waals surface area (Å²) < 4.78 is 0. The smallest absolute Gasteiger partial charge is 0.230 e. The van der Waals surface area contributed by atoms with E-state index in [1.54, 1.807) is 23.5 Å². The Morgan fingerprint density at radius 2 is 2.09 bits per heavy atom. The number of carboxylic acids is 1. The minimum Gasteiger partial charge on any atom is -0.544 e. The molecule has 0 aliphatic carbocycles. The maximum atomic E-state index is 12.0. The van der Waals surface area contributed by atoms with E-state index in [4.69, 9.17) is 11.6 Å². The topological polar surface area (TPSA) is 102 Å². The zero-order valence-electron chi connectivity index (χ0n) is 12.9. The highest BCUT2D eigenvalue weighted by Gasteiger charge is 2.18. The Labute approximate surface area is 135 Å². The van der Waals surface area contributed by atoms with Crippen molar-refractivity contribution in [2.24, 2.45) is 0 Å². The van der Waals surface area contributed by atoms with Crippen LogP contribution in [0.15, 0.2) is 18.2 Å². The summed E-state index contributed by atoms with van der Waals surface area (Å²) in [5.41, 5.74) is 1.46. The first-order valence-electron chi connectivity index (χ1n) is 7.32. The van der Waals surface area contributed by atoms with Gasteiger partial charge in [0.05, 0.1) is 32.5 Å². The van der Waals surface area contributed by atoms with Gasteiger partial charge in [0.25, 0.3) is 0 Å². The average Bonchev–Trinajstić information content (AvgIpc) is 2.46. The van der Waals surface area contributed by atoms with Crippen molar-refractivity contribution in [1.29, 1.82) is 0 Å². The predicted octanol–water partition coefficient (Wildman–Crippen LogP) is -1.76. The van der Waals surface area contributed by atoms with Crippen LogP contribution >= 0.6 is 11.6 Å². The Balaban J connectivity index is 2.56. The number of halogens is 1. The van der Waals surface area contributed by atoms with Crippen molar-refractivity contribution in [3.63, 3.8) is 0 Å². The van der Waals surface area contributed by atoms with Crippen molar-refractivity contribution < 1.29 is 25.3 Å². The summed E-state index contributed by atoms with van der Waals surface area (Å²) in [5, 5.41) is 18.0. The average molecular weight is 329 g/mol. The number of anilines is 1. The normalized spacial score (nSPS) is 12.0. The Morgan fingerprint density at radius 3 is 2.73 bits per heavy atom. The predicted molar refractivity (Wildman–Crippen MR) is 82.4 cm³/mol. The molecular formula is C15H23ClN3O3+. The van der Waals surface area contributed by atoms with Gasteiger partial charge in [-0.1, -0.05) is 17.7 Å². The molecule has 5 N–H and O–H groups in total. The van der Waals surface area contributed by atoms with Crippen molar-refractivity contribution >= 4 is 29.2 Å². The summed E-state index contributed by atoms with van der Waals surface area (Å²) >= 11 is 5.89. The summed E-state index contributed by atoms with van der Waals surface area (Å²) in [6.45, 7) is 3.41. The molecule has 1 aromatic carbocycles. The molecule has 7 heteroatoms. The maximum absolute atomic E-state index is 12.0. The fraction of sp³-hybridized carbons (Fsp3) is 0.467. The first-order valence-corrected chi connectivity index (χ1v) is 7.70. The van der Waals surface area contributed by atoms with Gasteiger partial charge in [0.2, 0.25) is 5.91 Å². The van der Waals surface area contributed by atoms with Gasteiger partial charge in [-0.2, -0.15) is 0 Å². The molecule has 0 radical (unpaired) electrons. The van der Waals surface area contributed by atoms with Crippen molar-refractivity contribution in [3.8, 4) is 0 Å². The molecule has 122 valence electrons. The van der Waals surface area contributed by atoms with Gasteiger partial charge in [-0.15, -0.1) is 0 Å². The number of hydrogen-bond donors (Lipinski definition) is 3. The van der Waals surface area contributed by atoms with Crippen LogP contribution in [0.5, 0.6) is 0 Å². The van der Waals surface area contributed by atoms with E-state index in [1.165, 1.54) is 0 Å². The highest BCUT2D eigenvalue weighted by molar-refractivity contribution is 6.31. The van der Waals surface area contributed by atoms with Gasteiger partial charge in [0.15, 0.2) is 0 Å². The van der Waals surface area contributed by atoms with E-state index < -0.39 is 12.0 Å². The number of aryl methyl sites for hydroxylation is 1. The van der Waals surface area contributed by atoms with Crippen molar-refractivity contribution in [3.05, 3.63) is 28.8 Å². The molecule has 0 bridgehead atoms. The number of nitrogens with two attached hydrogens (primary N) is 2. The number of carboxylic acid groups (broad SMARTS) is 1. The van der Waals surface area contributed by atoms with Gasteiger partial charge in [0.1, 0.15) is 6.04 Å². The van der Waals surface area contributed by atoms with E-state index in [0.29, 0.717) is 17.3 Å². The van der Waals surface area contributed by atoms with Gasteiger partial charge < -0.3 is 25.9 Å². The molecule has 0 aromatic heterocycles. The number of carbonyl (C=O) groups is 2. The van der Waals surface area contributed by atoms with Crippen LogP contribution in [0.4, 0.5) is 5.69 Å². The second kappa shape index (κ2) is 9.40. The van der Waals surface area contributed by atoms with E-state index in [-0.39, 0.29) is 12.3 Å². The number of aliphatic carboxylic acids is 1. The van der Waals surface area contributed by atoms with Crippen LogP contribution in [0, 0.1) is 6.92 Å². The van der Waals surface area contributed by atoms with Gasteiger partial charge in [-0.3, -0.25) is 4.79 Å². The first kappa shape index (κ1) is 18.4. The Kier molecular flexibility index (Phi) is 7.87. The van der Waals surface area contributed by atoms with Crippen LogP contribution in [-0.2, 0) is 9.59 Å². The van der Waals surface area contributed by atoms with Gasteiger partial charge in [-0.25, -0.2) is 0 Å². The lowest BCUT2D eigenvalue weighted by Gasteiger charge is -2.16. The Bertz CT molecular complexity index is 523. The number of quaternary nitrogens is 2. The third kappa shape index (κ3) is 6.43. The molecule has 1 amide bonds. The van der Waals surface area contributed by atoms with Gasteiger partial charge in [0, 0.05) is 17.1 Å². The third-order valence-electron chi connectivity index (χ3n) is 3.33. The number of amides is 1. The highest BCUT2D eigenvalue weighted by Crippen LogP contribution is 2.20. The molecule has 1 rings (SSSR count). The molecule has 0 unspecified atom stereocenters. The first-order chi connectivity index (χ1) is 10.4. The third-order valence-corrected chi connectivity index (χ3v) is 3.56. The summed E-state index contributed by atoms with van der Waals surface area (Å²) in [6.07, 6.45) is 0.736. The SMILES string of the molecule is C[NH2+]CCC[NH2+][C@@H](CC(=O)Nc1cc(Cl)ccc1C)C(=O)[O-]. The van der Waals surface area contributed by atoms with Crippen molar-refractivity contribution in [2.75, 3.05) is 25.5 Å². The van der Waals surface area contributed by atoms with Gasteiger partial charge in [-0.05, 0) is 24.6 Å². The zero-order valence-corrected chi connectivity index (χ0v) is 13.7. The molecule has 6 nitrogen and oxygen atoms in total. The molecule has 0 aliphatic rings. The molecule has 22 heavy (non-hydrogen) atoms. The van der Waals surface area contributed by atoms with E-state index in [2.05, 4.69) is 5.32 Å². The fourth-order valence-electron chi connectivity index (χ4n) is 2.03. The van der Waals surface area contributed by atoms with E-state index in [1.807, 2.05) is 19.3 Å². The summed E-state index contributed by atoms with van der Waals surface area (Å²) in [6, 6.07) is 4.29. The number of rotatable bonds is 9. The number of benzene rings is 1. The molecular weight excluding hydrogens is 306 g/mol. The standard InChI is InChI=1S/C15H22ClN3O3/c1-10-4-5-11(16)8-12(10)19-14(20)9-13(15(21)22)18-7-3-6-17-2/h4-5,8,13,17-18H,3,6-7,9H2,1-2H3,(H,19,20)(H,21,22)/p+1/t13-/m0/s1. The molecule has 0 saturated heterocycles. The Morgan fingerprint density at radius 1 is 1.36 bits per heavy atom. The molecule has 1 aromatic rings. The largest absolute Gasteiger partial charge is 0.544 e. The summed E-state index contributed by atoms with van der Waals surface area (Å²) in [4.78, 5) is 23.1. The van der Waals surface area contributed by atoms with Crippen LogP contribution in [0.25, 0.3) is 0 Å². The quantitative estimate of drug-likeness (QED) is 0.468. The summed E-state index contributed by atoms with van der Waals surface area (Å²) in [7, 11) is 1.96. The monoisotopic (exact) mass is 328 g/mol. The number of nitrogens with one attached hydrogen (secondary N) is 1.